The van der Waals surface area contributed by atoms with Crippen LogP contribution in [0.15, 0.2) is 47.1 Å². The second-order valence-electron chi connectivity index (χ2n) is 3.87. The van der Waals surface area contributed by atoms with Crippen LogP contribution in [0.5, 0.6) is 0 Å². The van der Waals surface area contributed by atoms with Crippen molar-refractivity contribution < 1.29 is 4.52 Å². The van der Waals surface area contributed by atoms with Crippen molar-refractivity contribution in [1.82, 2.24) is 15.1 Å². The van der Waals surface area contributed by atoms with E-state index >= 15 is 0 Å². The van der Waals surface area contributed by atoms with Gasteiger partial charge in [0, 0.05) is 11.8 Å². The van der Waals surface area contributed by atoms with E-state index in [1.165, 1.54) is 0 Å². The van der Waals surface area contributed by atoms with E-state index in [2.05, 4.69) is 15.1 Å². The molecule has 0 aliphatic rings. The molecule has 0 fully saturated rings. The summed E-state index contributed by atoms with van der Waals surface area (Å²) in [6.07, 6.45) is 1.67. The van der Waals surface area contributed by atoms with E-state index in [0.29, 0.717) is 33.7 Å². The lowest BCUT2D eigenvalue weighted by Gasteiger charge is -1.98. The first-order chi connectivity index (χ1) is 9.24. The summed E-state index contributed by atoms with van der Waals surface area (Å²) in [5.41, 5.74) is 7.53. The van der Waals surface area contributed by atoms with E-state index in [0.717, 1.165) is 0 Å². The molecule has 3 aromatic rings. The molecule has 2 aromatic heterocycles. The lowest BCUT2D eigenvalue weighted by molar-refractivity contribution is 0.432. The minimum atomic E-state index is 0.377. The Bertz CT molecular complexity index is 712. The minimum Gasteiger partial charge on any atom is -0.398 e. The molecular weight excluding hydrogens is 264 g/mol. The Morgan fingerprint density at radius 1 is 1.16 bits per heavy atom. The van der Waals surface area contributed by atoms with Gasteiger partial charge in [0.25, 0.3) is 5.89 Å². The number of hydrogen-bond donors (Lipinski definition) is 1. The van der Waals surface area contributed by atoms with Crippen LogP contribution in [0.3, 0.4) is 0 Å². The van der Waals surface area contributed by atoms with Gasteiger partial charge in [-0.3, -0.25) is 4.98 Å². The van der Waals surface area contributed by atoms with Crippen molar-refractivity contribution in [3.63, 3.8) is 0 Å². The van der Waals surface area contributed by atoms with E-state index in [1.54, 1.807) is 24.4 Å². The summed E-state index contributed by atoms with van der Waals surface area (Å²) in [4.78, 5) is 8.44. The number of nitrogens with two attached hydrogens (primary N) is 1. The second kappa shape index (κ2) is 4.70. The van der Waals surface area contributed by atoms with Crippen LogP contribution in [-0.4, -0.2) is 15.1 Å². The van der Waals surface area contributed by atoms with E-state index in [-0.39, 0.29) is 0 Å². The van der Waals surface area contributed by atoms with Gasteiger partial charge in [-0.15, -0.1) is 0 Å². The lowest BCUT2D eigenvalue weighted by atomic mass is 10.2. The molecule has 0 aliphatic heterocycles. The van der Waals surface area contributed by atoms with E-state index in [9.17, 15) is 0 Å². The number of anilines is 1. The predicted octanol–water partition coefficient (Wildman–Crippen LogP) is 3.03. The predicted molar refractivity (Wildman–Crippen MR) is 72.4 cm³/mol. The van der Waals surface area contributed by atoms with E-state index in [1.807, 2.05) is 18.2 Å². The molecule has 0 atom stereocenters. The van der Waals surface area contributed by atoms with Crippen LogP contribution in [0.2, 0.25) is 5.02 Å². The number of hydrogen-bond acceptors (Lipinski definition) is 5. The zero-order valence-corrected chi connectivity index (χ0v) is 10.5. The number of pyridine rings is 1. The van der Waals surface area contributed by atoms with E-state index < -0.39 is 0 Å². The first-order valence-electron chi connectivity index (χ1n) is 5.54. The first kappa shape index (κ1) is 11.7. The van der Waals surface area contributed by atoms with Crippen LogP contribution < -0.4 is 5.73 Å². The highest BCUT2D eigenvalue weighted by molar-refractivity contribution is 6.33. The van der Waals surface area contributed by atoms with Crippen LogP contribution in [0.25, 0.3) is 23.0 Å². The first-order valence-corrected chi connectivity index (χ1v) is 5.92. The highest BCUT2D eigenvalue weighted by Gasteiger charge is 2.12. The fourth-order valence-corrected chi connectivity index (χ4v) is 1.78. The normalized spacial score (nSPS) is 10.6. The molecule has 0 saturated carbocycles. The summed E-state index contributed by atoms with van der Waals surface area (Å²) < 4.78 is 5.20. The Hall–Kier alpha value is -2.40. The largest absolute Gasteiger partial charge is 0.398 e. The Labute approximate surface area is 114 Å². The van der Waals surface area contributed by atoms with Gasteiger partial charge in [0.15, 0.2) is 0 Å². The number of aromatic nitrogens is 3. The van der Waals surface area contributed by atoms with Gasteiger partial charge in [-0.2, -0.15) is 4.98 Å². The topological polar surface area (TPSA) is 77.8 Å². The summed E-state index contributed by atoms with van der Waals surface area (Å²) in [5.74, 6) is 0.811. The van der Waals surface area contributed by atoms with Gasteiger partial charge in [0.05, 0.1) is 10.7 Å². The van der Waals surface area contributed by atoms with Crippen LogP contribution in [0.1, 0.15) is 0 Å². The molecule has 6 heteroatoms. The maximum Gasteiger partial charge on any atom is 0.258 e. The third-order valence-corrected chi connectivity index (χ3v) is 2.89. The van der Waals surface area contributed by atoms with Gasteiger partial charge < -0.3 is 10.3 Å². The van der Waals surface area contributed by atoms with Gasteiger partial charge in [0.1, 0.15) is 5.69 Å². The molecule has 0 radical (unpaired) electrons. The molecule has 3 rings (SSSR count). The Morgan fingerprint density at radius 3 is 2.79 bits per heavy atom. The molecule has 1 aromatic carbocycles. The molecule has 0 bridgehead atoms. The molecule has 0 aliphatic carbocycles. The van der Waals surface area contributed by atoms with Gasteiger partial charge in [0.2, 0.25) is 5.82 Å². The van der Waals surface area contributed by atoms with Crippen molar-refractivity contribution in [3.8, 4) is 23.0 Å². The van der Waals surface area contributed by atoms with E-state index in [4.69, 9.17) is 21.9 Å². The molecule has 0 saturated heterocycles. The van der Waals surface area contributed by atoms with Gasteiger partial charge in [-0.25, -0.2) is 0 Å². The monoisotopic (exact) mass is 272 g/mol. The lowest BCUT2D eigenvalue weighted by Crippen LogP contribution is -1.87. The number of nitrogen functional groups attached to an aromatic ring is 1. The third kappa shape index (κ3) is 2.28. The molecule has 0 unspecified atom stereocenters. The number of halogens is 1. The zero-order chi connectivity index (χ0) is 13.2. The van der Waals surface area contributed by atoms with Crippen LogP contribution in [0, 0.1) is 0 Å². The highest BCUT2D eigenvalue weighted by atomic mass is 35.5. The van der Waals surface area contributed by atoms with Crippen molar-refractivity contribution in [2.24, 2.45) is 0 Å². The molecule has 0 amide bonds. The summed E-state index contributed by atoms with van der Waals surface area (Å²) in [6, 6.07) is 10.7. The molecule has 0 spiro atoms. The molecule has 19 heavy (non-hydrogen) atoms. The van der Waals surface area contributed by atoms with Crippen LogP contribution in [0.4, 0.5) is 5.69 Å². The maximum atomic E-state index is 5.96. The average Bonchev–Trinajstić information content (AvgIpc) is 2.93. The summed E-state index contributed by atoms with van der Waals surface area (Å²) >= 11 is 5.96. The maximum absolute atomic E-state index is 5.96. The summed E-state index contributed by atoms with van der Waals surface area (Å²) in [5, 5.41) is 4.35. The standard InChI is InChI=1S/C13H9ClN4O/c14-9-7-8(4-5-10(9)15)13-17-12(18-19-13)11-3-1-2-6-16-11/h1-7H,15H2. The van der Waals surface area contributed by atoms with Crippen LogP contribution in [-0.2, 0) is 0 Å². The highest BCUT2D eigenvalue weighted by Crippen LogP contribution is 2.27. The van der Waals surface area contributed by atoms with Gasteiger partial charge in [-0.05, 0) is 30.3 Å². The second-order valence-corrected chi connectivity index (χ2v) is 4.28. The Morgan fingerprint density at radius 2 is 2.05 bits per heavy atom. The quantitative estimate of drug-likeness (QED) is 0.726. The van der Waals surface area contributed by atoms with Crippen molar-refractivity contribution in [2.75, 3.05) is 5.73 Å². The van der Waals surface area contributed by atoms with Gasteiger partial charge >= 0.3 is 0 Å². The number of nitrogens with zero attached hydrogens (tertiary/aromatic N) is 3. The Balaban J connectivity index is 1.99. The Kier molecular flexibility index (Phi) is 2.89. The fraction of sp³-hybridized carbons (Fsp3) is 0. The van der Waals surface area contributed by atoms with Crippen molar-refractivity contribution in [2.45, 2.75) is 0 Å². The van der Waals surface area contributed by atoms with Gasteiger partial charge in [-0.1, -0.05) is 22.8 Å². The fourth-order valence-electron chi connectivity index (χ4n) is 1.60. The molecule has 2 N–H and O–H groups in total. The number of benzene rings is 1. The van der Waals surface area contributed by atoms with Crippen molar-refractivity contribution in [3.05, 3.63) is 47.6 Å². The minimum absolute atomic E-state index is 0.377. The summed E-state index contributed by atoms with van der Waals surface area (Å²) in [6.45, 7) is 0. The zero-order valence-electron chi connectivity index (χ0n) is 9.75. The molecule has 2 heterocycles. The summed E-state index contributed by atoms with van der Waals surface area (Å²) in [7, 11) is 0. The van der Waals surface area contributed by atoms with Crippen LogP contribution >= 0.6 is 11.6 Å². The SMILES string of the molecule is Nc1ccc(-c2nc(-c3ccccn3)no2)cc1Cl. The molecule has 94 valence electrons. The molecule has 5 nitrogen and oxygen atoms in total. The van der Waals surface area contributed by atoms with Crippen molar-refractivity contribution >= 4 is 17.3 Å². The third-order valence-electron chi connectivity index (χ3n) is 2.57. The molecular formula is C13H9ClN4O. The smallest absolute Gasteiger partial charge is 0.258 e. The average molecular weight is 273 g/mol. The van der Waals surface area contributed by atoms with Crippen molar-refractivity contribution in [1.29, 1.82) is 0 Å². The number of rotatable bonds is 2.